The lowest BCUT2D eigenvalue weighted by molar-refractivity contribution is 0.154. The number of halogens is 1. The molecule has 2 rings (SSSR count). The molecule has 0 bridgehead atoms. The van der Waals surface area contributed by atoms with E-state index in [9.17, 15) is 0 Å². The third-order valence-corrected chi connectivity index (χ3v) is 3.48. The SMILES string of the molecule is CCCN(Cc1cnn(C)c1)C1CCNCC1.Cl. The summed E-state index contributed by atoms with van der Waals surface area (Å²) in [6.45, 7) is 6.83. The lowest BCUT2D eigenvalue weighted by Gasteiger charge is -2.34. The van der Waals surface area contributed by atoms with Crippen LogP contribution in [-0.2, 0) is 13.6 Å². The molecule has 0 atom stereocenters. The van der Waals surface area contributed by atoms with Crippen molar-refractivity contribution in [1.82, 2.24) is 20.0 Å². The topological polar surface area (TPSA) is 33.1 Å². The second-order valence-electron chi connectivity index (χ2n) is 4.97. The van der Waals surface area contributed by atoms with E-state index in [1.807, 2.05) is 17.9 Å². The smallest absolute Gasteiger partial charge is 0.0534 e. The fourth-order valence-corrected chi connectivity index (χ4v) is 2.64. The van der Waals surface area contributed by atoms with E-state index < -0.39 is 0 Å². The highest BCUT2D eigenvalue weighted by Crippen LogP contribution is 2.15. The minimum atomic E-state index is 0. The summed E-state index contributed by atoms with van der Waals surface area (Å²) in [5, 5.41) is 7.69. The normalized spacial score (nSPS) is 16.8. The summed E-state index contributed by atoms with van der Waals surface area (Å²) in [6.07, 6.45) is 7.90. The van der Waals surface area contributed by atoms with E-state index in [1.54, 1.807) is 0 Å². The number of nitrogens with one attached hydrogen (secondary N) is 1. The largest absolute Gasteiger partial charge is 0.317 e. The van der Waals surface area contributed by atoms with Gasteiger partial charge in [-0.05, 0) is 38.9 Å². The maximum Gasteiger partial charge on any atom is 0.0534 e. The van der Waals surface area contributed by atoms with Gasteiger partial charge in [0.2, 0.25) is 0 Å². The lowest BCUT2D eigenvalue weighted by Crippen LogP contribution is -2.43. The van der Waals surface area contributed by atoms with Gasteiger partial charge < -0.3 is 5.32 Å². The van der Waals surface area contributed by atoms with E-state index in [-0.39, 0.29) is 12.4 Å². The maximum absolute atomic E-state index is 4.25. The molecule has 0 amide bonds. The van der Waals surface area contributed by atoms with Crippen LogP contribution < -0.4 is 5.32 Å². The molecule has 0 aromatic carbocycles. The Morgan fingerprint density at radius 3 is 2.72 bits per heavy atom. The van der Waals surface area contributed by atoms with Crippen LogP contribution in [0.3, 0.4) is 0 Å². The van der Waals surface area contributed by atoms with Gasteiger partial charge in [0.1, 0.15) is 0 Å². The zero-order valence-corrected chi connectivity index (χ0v) is 12.2. The molecule has 104 valence electrons. The molecule has 1 aromatic heterocycles. The molecule has 2 heterocycles. The van der Waals surface area contributed by atoms with Gasteiger partial charge in [0.05, 0.1) is 6.20 Å². The molecule has 1 N–H and O–H groups in total. The molecule has 5 heteroatoms. The highest BCUT2D eigenvalue weighted by atomic mass is 35.5. The van der Waals surface area contributed by atoms with Crippen molar-refractivity contribution in [1.29, 1.82) is 0 Å². The first-order valence-corrected chi connectivity index (χ1v) is 6.72. The Labute approximate surface area is 116 Å². The molecule has 0 radical (unpaired) electrons. The van der Waals surface area contributed by atoms with E-state index in [4.69, 9.17) is 0 Å². The molecule has 1 aromatic rings. The molecule has 4 nitrogen and oxygen atoms in total. The van der Waals surface area contributed by atoms with Crippen LogP contribution >= 0.6 is 12.4 Å². The molecule has 0 spiro atoms. The summed E-state index contributed by atoms with van der Waals surface area (Å²) in [6, 6.07) is 0.747. The fourth-order valence-electron chi connectivity index (χ4n) is 2.64. The summed E-state index contributed by atoms with van der Waals surface area (Å²) in [7, 11) is 1.98. The number of hydrogen-bond donors (Lipinski definition) is 1. The number of nitrogens with zero attached hydrogens (tertiary/aromatic N) is 3. The van der Waals surface area contributed by atoms with E-state index in [2.05, 4.69) is 28.4 Å². The summed E-state index contributed by atoms with van der Waals surface area (Å²) in [5.74, 6) is 0. The fraction of sp³-hybridized carbons (Fsp3) is 0.769. The molecule has 1 fully saturated rings. The van der Waals surface area contributed by atoms with Crippen LogP contribution in [0.4, 0.5) is 0 Å². The zero-order valence-electron chi connectivity index (χ0n) is 11.4. The molecule has 1 saturated heterocycles. The lowest BCUT2D eigenvalue weighted by atomic mass is 10.0. The van der Waals surface area contributed by atoms with Crippen LogP contribution in [0, 0.1) is 0 Å². The minimum absolute atomic E-state index is 0. The van der Waals surface area contributed by atoms with Gasteiger partial charge in [0.25, 0.3) is 0 Å². The summed E-state index contributed by atoms with van der Waals surface area (Å²) in [4.78, 5) is 2.62. The van der Waals surface area contributed by atoms with Gasteiger partial charge in [-0.15, -0.1) is 12.4 Å². The number of piperidine rings is 1. The third kappa shape index (κ3) is 4.26. The Bertz CT molecular complexity index is 333. The maximum atomic E-state index is 4.25. The predicted molar refractivity (Wildman–Crippen MR) is 77.0 cm³/mol. The van der Waals surface area contributed by atoms with Gasteiger partial charge in [-0.25, -0.2) is 0 Å². The van der Waals surface area contributed by atoms with Crippen molar-refractivity contribution in [3.05, 3.63) is 18.0 Å². The average Bonchev–Trinajstić information content (AvgIpc) is 2.75. The van der Waals surface area contributed by atoms with Crippen LogP contribution in [-0.4, -0.2) is 40.4 Å². The van der Waals surface area contributed by atoms with E-state index in [0.29, 0.717) is 0 Å². The molecular weight excluding hydrogens is 248 g/mol. The monoisotopic (exact) mass is 272 g/mol. The molecular formula is C13H25ClN4. The summed E-state index contributed by atoms with van der Waals surface area (Å²) in [5.41, 5.74) is 1.33. The van der Waals surface area contributed by atoms with Crippen LogP contribution in [0.25, 0.3) is 0 Å². The summed E-state index contributed by atoms with van der Waals surface area (Å²) < 4.78 is 1.89. The van der Waals surface area contributed by atoms with Crippen molar-refractivity contribution in [2.45, 2.75) is 38.8 Å². The van der Waals surface area contributed by atoms with Crippen molar-refractivity contribution in [2.75, 3.05) is 19.6 Å². The first-order valence-electron chi connectivity index (χ1n) is 6.72. The first kappa shape index (κ1) is 15.5. The van der Waals surface area contributed by atoms with Gasteiger partial charge in [-0.2, -0.15) is 5.10 Å². The minimum Gasteiger partial charge on any atom is -0.317 e. The molecule has 18 heavy (non-hydrogen) atoms. The van der Waals surface area contributed by atoms with Gasteiger partial charge >= 0.3 is 0 Å². The number of aryl methyl sites for hydroxylation is 1. The predicted octanol–water partition coefficient (Wildman–Crippen LogP) is 1.81. The Morgan fingerprint density at radius 2 is 2.17 bits per heavy atom. The van der Waals surface area contributed by atoms with Crippen molar-refractivity contribution < 1.29 is 0 Å². The van der Waals surface area contributed by atoms with Crippen LogP contribution in [0.15, 0.2) is 12.4 Å². The van der Waals surface area contributed by atoms with E-state index >= 15 is 0 Å². The molecule has 0 unspecified atom stereocenters. The van der Waals surface area contributed by atoms with Crippen molar-refractivity contribution in [3.8, 4) is 0 Å². The van der Waals surface area contributed by atoms with Gasteiger partial charge in [-0.1, -0.05) is 6.92 Å². The highest BCUT2D eigenvalue weighted by Gasteiger charge is 2.20. The number of rotatable bonds is 5. The first-order chi connectivity index (χ1) is 8.29. The Kier molecular flexibility index (Phi) is 6.68. The zero-order chi connectivity index (χ0) is 12.1. The molecule has 1 aliphatic heterocycles. The van der Waals surface area contributed by atoms with Gasteiger partial charge in [0.15, 0.2) is 0 Å². The average molecular weight is 273 g/mol. The molecule has 0 aliphatic carbocycles. The number of aromatic nitrogens is 2. The van der Waals surface area contributed by atoms with Crippen LogP contribution in [0.2, 0.25) is 0 Å². The second-order valence-corrected chi connectivity index (χ2v) is 4.97. The van der Waals surface area contributed by atoms with Crippen LogP contribution in [0.5, 0.6) is 0 Å². The van der Waals surface area contributed by atoms with Crippen molar-refractivity contribution in [3.63, 3.8) is 0 Å². The Hall–Kier alpha value is -0.580. The third-order valence-electron chi connectivity index (χ3n) is 3.48. The quantitative estimate of drug-likeness (QED) is 0.888. The van der Waals surface area contributed by atoms with Crippen molar-refractivity contribution in [2.24, 2.45) is 7.05 Å². The second kappa shape index (κ2) is 7.77. The van der Waals surface area contributed by atoms with Gasteiger partial charge in [-0.3, -0.25) is 9.58 Å². The van der Waals surface area contributed by atoms with Crippen LogP contribution in [0.1, 0.15) is 31.7 Å². The van der Waals surface area contributed by atoms with E-state index in [1.165, 1.54) is 31.4 Å². The van der Waals surface area contributed by atoms with Crippen molar-refractivity contribution >= 4 is 12.4 Å². The van der Waals surface area contributed by atoms with E-state index in [0.717, 1.165) is 25.7 Å². The summed E-state index contributed by atoms with van der Waals surface area (Å²) >= 11 is 0. The Balaban J connectivity index is 0.00000162. The Morgan fingerprint density at radius 1 is 1.44 bits per heavy atom. The molecule has 0 saturated carbocycles. The highest BCUT2D eigenvalue weighted by molar-refractivity contribution is 5.85. The standard InChI is InChI=1S/C13H24N4.ClH/c1-3-8-17(13-4-6-14-7-5-13)11-12-9-15-16(2)10-12;/h9-10,13-14H,3-8,11H2,1-2H3;1H. The molecule has 1 aliphatic rings. The number of hydrogen-bond acceptors (Lipinski definition) is 3. The van der Waals surface area contributed by atoms with Gasteiger partial charge in [0, 0.05) is 31.4 Å².